The highest BCUT2D eigenvalue weighted by Gasteiger charge is 2.06. The molecule has 0 fully saturated rings. The topological polar surface area (TPSA) is 94.6 Å². The van der Waals surface area contributed by atoms with E-state index in [-0.39, 0.29) is 19.0 Å². The van der Waals surface area contributed by atoms with E-state index in [4.69, 9.17) is 4.74 Å². The molecule has 1 aromatic heterocycles. The van der Waals surface area contributed by atoms with Crippen LogP contribution in [0.5, 0.6) is 0 Å². The number of fused-ring (bicyclic) bond motifs is 1. The van der Waals surface area contributed by atoms with Gasteiger partial charge in [0.1, 0.15) is 5.01 Å². The molecule has 0 radical (unpaired) electrons. The molecular formula is C17H18N2O5S. The maximum Gasteiger partial charge on any atom is 0.331 e. The highest BCUT2D eigenvalue weighted by molar-refractivity contribution is 7.19. The van der Waals surface area contributed by atoms with Gasteiger partial charge in [0.25, 0.3) is 5.91 Å². The lowest BCUT2D eigenvalue weighted by molar-refractivity contribution is -0.143. The van der Waals surface area contributed by atoms with Crippen molar-refractivity contribution in [2.45, 2.75) is 12.8 Å². The third kappa shape index (κ3) is 6.34. The summed E-state index contributed by atoms with van der Waals surface area (Å²) in [5, 5.41) is 3.24. The molecule has 132 valence electrons. The first kappa shape index (κ1) is 18.6. The molecule has 2 rings (SSSR count). The van der Waals surface area contributed by atoms with Crippen molar-refractivity contribution in [2.24, 2.45) is 0 Å². The molecular weight excluding hydrogens is 344 g/mol. The predicted molar refractivity (Wildman–Crippen MR) is 93.9 cm³/mol. The van der Waals surface area contributed by atoms with Crippen molar-refractivity contribution in [3.63, 3.8) is 0 Å². The molecule has 2 aromatic rings. The molecule has 1 N–H and O–H groups in total. The normalized spacial score (nSPS) is 10.8. The number of hydrogen-bond acceptors (Lipinski definition) is 7. The van der Waals surface area contributed by atoms with E-state index in [2.05, 4.69) is 15.0 Å². The number of rotatable bonds is 8. The Kier molecular flexibility index (Phi) is 7.09. The number of carbonyl (C=O) groups is 3. The Balaban J connectivity index is 1.69. The highest BCUT2D eigenvalue weighted by Crippen LogP contribution is 2.22. The number of nitrogens with one attached hydrogen (secondary N) is 1. The number of hydrogen-bond donors (Lipinski definition) is 1. The van der Waals surface area contributed by atoms with Crippen molar-refractivity contribution >= 4 is 45.5 Å². The van der Waals surface area contributed by atoms with Crippen LogP contribution in [-0.2, 0) is 23.9 Å². The van der Waals surface area contributed by atoms with E-state index in [1.807, 2.05) is 24.3 Å². The van der Waals surface area contributed by atoms with E-state index in [9.17, 15) is 14.4 Å². The lowest BCUT2D eigenvalue weighted by Gasteiger charge is -2.04. The summed E-state index contributed by atoms with van der Waals surface area (Å²) < 4.78 is 10.4. The van der Waals surface area contributed by atoms with Crippen LogP contribution in [0, 0.1) is 0 Å². The maximum atomic E-state index is 11.6. The van der Waals surface area contributed by atoms with Crippen LogP contribution in [0.1, 0.15) is 17.8 Å². The zero-order chi connectivity index (χ0) is 18.1. The molecule has 7 nitrogen and oxygen atoms in total. The smallest absolute Gasteiger partial charge is 0.331 e. The van der Waals surface area contributed by atoms with Gasteiger partial charge in [-0.2, -0.15) is 0 Å². The van der Waals surface area contributed by atoms with Gasteiger partial charge in [0.05, 0.1) is 17.3 Å². The molecule has 0 aliphatic heterocycles. The number of aromatic nitrogens is 1. The molecule has 1 amide bonds. The molecule has 0 atom stereocenters. The summed E-state index contributed by atoms with van der Waals surface area (Å²) in [4.78, 5) is 38.4. The number of carbonyl (C=O) groups excluding carboxylic acids is 3. The largest absolute Gasteiger partial charge is 0.469 e. The Morgan fingerprint density at radius 1 is 1.28 bits per heavy atom. The van der Waals surface area contributed by atoms with Crippen LogP contribution < -0.4 is 5.32 Å². The van der Waals surface area contributed by atoms with Crippen LogP contribution in [0.15, 0.2) is 30.3 Å². The van der Waals surface area contributed by atoms with Crippen molar-refractivity contribution in [2.75, 3.05) is 20.3 Å². The SMILES string of the molecule is COC(=O)CCCNC(=O)COC(=O)/C=C/c1nc2ccccc2s1. The van der Waals surface area contributed by atoms with Gasteiger partial charge in [-0.1, -0.05) is 12.1 Å². The van der Waals surface area contributed by atoms with Crippen LogP contribution in [-0.4, -0.2) is 43.1 Å². The van der Waals surface area contributed by atoms with Crippen LogP contribution in [0.3, 0.4) is 0 Å². The molecule has 0 spiro atoms. The second kappa shape index (κ2) is 9.53. The van der Waals surface area contributed by atoms with Crippen LogP contribution in [0.2, 0.25) is 0 Å². The van der Waals surface area contributed by atoms with Crippen LogP contribution >= 0.6 is 11.3 Å². The average molecular weight is 362 g/mol. The minimum atomic E-state index is -0.621. The molecule has 25 heavy (non-hydrogen) atoms. The summed E-state index contributed by atoms with van der Waals surface area (Å²) in [7, 11) is 1.31. The zero-order valence-corrected chi connectivity index (χ0v) is 14.5. The number of thiazole rings is 1. The van der Waals surface area contributed by atoms with E-state index in [0.29, 0.717) is 18.0 Å². The molecule has 0 aliphatic carbocycles. The van der Waals surface area contributed by atoms with E-state index >= 15 is 0 Å². The maximum absolute atomic E-state index is 11.6. The first-order valence-corrected chi connectivity index (χ1v) is 8.44. The van der Waals surface area contributed by atoms with Crippen molar-refractivity contribution in [3.05, 3.63) is 35.3 Å². The van der Waals surface area contributed by atoms with Crippen molar-refractivity contribution < 1.29 is 23.9 Å². The molecule has 0 aliphatic rings. The fraction of sp³-hybridized carbons (Fsp3) is 0.294. The molecule has 0 saturated heterocycles. The van der Waals surface area contributed by atoms with Gasteiger partial charge in [-0.15, -0.1) is 11.3 Å². The molecule has 8 heteroatoms. The number of para-hydroxylation sites is 1. The van der Waals surface area contributed by atoms with Crippen molar-refractivity contribution in [3.8, 4) is 0 Å². The van der Waals surface area contributed by atoms with Gasteiger partial charge in [0.2, 0.25) is 0 Å². The lowest BCUT2D eigenvalue weighted by atomic mass is 10.3. The number of benzene rings is 1. The Morgan fingerprint density at radius 2 is 2.08 bits per heavy atom. The van der Waals surface area contributed by atoms with Gasteiger partial charge in [0.15, 0.2) is 6.61 Å². The fourth-order valence-corrected chi connectivity index (χ4v) is 2.77. The highest BCUT2D eigenvalue weighted by atomic mass is 32.1. The summed E-state index contributed by atoms with van der Waals surface area (Å²) >= 11 is 1.46. The first-order chi connectivity index (χ1) is 12.1. The van der Waals surface area contributed by atoms with Crippen LogP contribution in [0.4, 0.5) is 0 Å². The van der Waals surface area contributed by atoms with E-state index in [1.54, 1.807) is 6.08 Å². The van der Waals surface area contributed by atoms with E-state index < -0.39 is 11.9 Å². The van der Waals surface area contributed by atoms with E-state index in [0.717, 1.165) is 10.2 Å². The van der Waals surface area contributed by atoms with Gasteiger partial charge in [-0.3, -0.25) is 9.59 Å². The minimum Gasteiger partial charge on any atom is -0.469 e. The standard InChI is InChI=1S/C17H18N2O5S/c1-23-16(21)7-4-10-18-14(20)11-24-17(22)9-8-15-19-12-5-2-3-6-13(12)25-15/h2-3,5-6,8-9H,4,7,10-11H2,1H3,(H,18,20)/b9-8+. The number of methoxy groups -OCH3 is 1. The Bertz CT molecular complexity index is 751. The average Bonchev–Trinajstić information content (AvgIpc) is 3.04. The molecule has 1 aromatic carbocycles. The minimum absolute atomic E-state index is 0.224. The molecule has 0 saturated carbocycles. The second-order valence-electron chi connectivity index (χ2n) is 4.99. The number of amides is 1. The molecule has 0 bridgehead atoms. The lowest BCUT2D eigenvalue weighted by Crippen LogP contribution is -2.29. The third-order valence-corrected chi connectivity index (χ3v) is 4.13. The first-order valence-electron chi connectivity index (χ1n) is 7.62. The number of esters is 2. The summed E-state index contributed by atoms with van der Waals surface area (Å²) in [5.41, 5.74) is 0.867. The Labute approximate surface area is 148 Å². The summed E-state index contributed by atoms with van der Waals surface area (Å²) in [5.74, 6) is -1.38. The number of ether oxygens (including phenoxy) is 2. The predicted octanol–water partition coefficient (Wildman–Crippen LogP) is 1.92. The van der Waals surface area contributed by atoms with Crippen molar-refractivity contribution in [1.82, 2.24) is 10.3 Å². The molecule has 0 unspecified atom stereocenters. The van der Waals surface area contributed by atoms with Gasteiger partial charge in [-0.05, 0) is 24.6 Å². The second-order valence-corrected chi connectivity index (χ2v) is 6.05. The third-order valence-electron chi connectivity index (χ3n) is 3.13. The van der Waals surface area contributed by atoms with Gasteiger partial charge in [0, 0.05) is 19.0 Å². The summed E-state index contributed by atoms with van der Waals surface area (Å²) in [6.07, 6.45) is 3.48. The monoisotopic (exact) mass is 362 g/mol. The summed E-state index contributed by atoms with van der Waals surface area (Å²) in [6.45, 7) is -0.0612. The Hall–Kier alpha value is -2.74. The summed E-state index contributed by atoms with van der Waals surface area (Å²) in [6, 6.07) is 7.67. The van der Waals surface area contributed by atoms with Gasteiger partial charge in [-0.25, -0.2) is 9.78 Å². The number of nitrogens with zero attached hydrogens (tertiary/aromatic N) is 1. The quantitative estimate of drug-likeness (QED) is 0.438. The van der Waals surface area contributed by atoms with Gasteiger partial charge >= 0.3 is 11.9 Å². The van der Waals surface area contributed by atoms with Crippen LogP contribution in [0.25, 0.3) is 16.3 Å². The van der Waals surface area contributed by atoms with Crippen molar-refractivity contribution in [1.29, 1.82) is 0 Å². The zero-order valence-electron chi connectivity index (χ0n) is 13.7. The molecule has 1 heterocycles. The fourth-order valence-electron chi connectivity index (χ4n) is 1.90. The van der Waals surface area contributed by atoms with Gasteiger partial charge < -0.3 is 14.8 Å². The Morgan fingerprint density at radius 3 is 2.84 bits per heavy atom. The van der Waals surface area contributed by atoms with E-state index in [1.165, 1.54) is 24.5 Å².